The van der Waals surface area contributed by atoms with E-state index in [4.69, 9.17) is 9.47 Å². The quantitative estimate of drug-likeness (QED) is 0.486. The van der Waals surface area contributed by atoms with Crippen LogP contribution in [0.25, 0.3) is 0 Å². The molecular weight excluding hydrogens is 310 g/mol. The van der Waals surface area contributed by atoms with E-state index in [-0.39, 0.29) is 25.5 Å². The van der Waals surface area contributed by atoms with Crippen LogP contribution in [-0.2, 0) is 25.7 Å². The number of nitrogens with zero attached hydrogens (tertiary/aromatic N) is 1. The normalized spacial score (nSPS) is 23.9. The number of rotatable bonds is 6. The first-order valence-electron chi connectivity index (χ1n) is 7.77. The van der Waals surface area contributed by atoms with Gasteiger partial charge in [0, 0.05) is 0 Å². The fourth-order valence-corrected chi connectivity index (χ4v) is 2.87. The van der Waals surface area contributed by atoms with Crippen molar-refractivity contribution in [1.82, 2.24) is 4.90 Å². The van der Waals surface area contributed by atoms with Gasteiger partial charge in [-0.1, -0.05) is 36.4 Å². The lowest BCUT2D eigenvalue weighted by Gasteiger charge is -2.33. The molecule has 0 radical (unpaired) electrons. The van der Waals surface area contributed by atoms with Crippen LogP contribution in [-0.4, -0.2) is 40.8 Å². The highest BCUT2D eigenvalue weighted by Gasteiger charge is 2.55. The Morgan fingerprint density at radius 3 is 2.79 bits per heavy atom. The summed E-state index contributed by atoms with van der Waals surface area (Å²) in [6.45, 7) is 3.49. The summed E-state index contributed by atoms with van der Waals surface area (Å²) in [5.41, 5.74) is 1.39. The van der Waals surface area contributed by atoms with Crippen molar-refractivity contribution >= 4 is 11.9 Å². The molecule has 2 aliphatic heterocycles. The topological polar surface area (TPSA) is 76.1 Å². The molecule has 1 amide bonds. The number of hydrogen-bond donors (Lipinski definition) is 1. The largest absolute Gasteiger partial charge is 0.471 e. The summed E-state index contributed by atoms with van der Waals surface area (Å²) in [5, 5.41) is 9.54. The van der Waals surface area contributed by atoms with Crippen LogP contribution in [0.15, 0.2) is 54.3 Å². The number of amides is 1. The Labute approximate surface area is 140 Å². The van der Waals surface area contributed by atoms with Gasteiger partial charge in [-0.25, -0.2) is 4.79 Å². The molecule has 1 aromatic rings. The first-order chi connectivity index (χ1) is 11.7. The van der Waals surface area contributed by atoms with Gasteiger partial charge in [-0.15, -0.1) is 6.58 Å². The standard InChI is InChI=1S/C18H19NO5/c1-2-6-13(10-20)17-16(19-14(21)9-15(19)24-17)18(22)23-11-12-7-4-3-5-8-12/h2-5,7-8,15-16,20H,1,6,9-11H2/b17-13+/t15-,16?/m1/s1. The number of benzene rings is 1. The Bertz CT molecular complexity index is 682. The molecule has 1 N–H and O–H groups in total. The molecule has 0 bridgehead atoms. The molecule has 2 atom stereocenters. The summed E-state index contributed by atoms with van der Waals surface area (Å²) < 4.78 is 11.1. The minimum atomic E-state index is -0.929. The molecule has 6 nitrogen and oxygen atoms in total. The molecule has 3 rings (SSSR count). The zero-order chi connectivity index (χ0) is 17.1. The first kappa shape index (κ1) is 16.3. The second kappa shape index (κ2) is 6.88. The average Bonchev–Trinajstić information content (AvgIpc) is 2.91. The van der Waals surface area contributed by atoms with Gasteiger partial charge in [0.15, 0.2) is 12.3 Å². The molecule has 0 aromatic heterocycles. The number of carbonyl (C=O) groups excluding carboxylic acids is 2. The minimum Gasteiger partial charge on any atom is -0.471 e. The molecule has 6 heteroatoms. The third-order valence-electron chi connectivity index (χ3n) is 4.11. The predicted octanol–water partition coefficient (Wildman–Crippen LogP) is 1.51. The van der Waals surface area contributed by atoms with Crippen molar-refractivity contribution in [3.05, 3.63) is 59.9 Å². The molecule has 2 aliphatic rings. The maximum atomic E-state index is 12.6. The van der Waals surface area contributed by atoms with Crippen molar-refractivity contribution in [3.63, 3.8) is 0 Å². The Kier molecular flexibility index (Phi) is 4.66. The van der Waals surface area contributed by atoms with Crippen LogP contribution in [0.5, 0.6) is 0 Å². The van der Waals surface area contributed by atoms with E-state index in [1.165, 1.54) is 4.90 Å². The fourth-order valence-electron chi connectivity index (χ4n) is 2.87. The van der Waals surface area contributed by atoms with Gasteiger partial charge < -0.3 is 14.6 Å². The van der Waals surface area contributed by atoms with E-state index < -0.39 is 18.2 Å². The number of hydrogen-bond acceptors (Lipinski definition) is 5. The van der Waals surface area contributed by atoms with Gasteiger partial charge in [0.1, 0.15) is 12.4 Å². The predicted molar refractivity (Wildman–Crippen MR) is 85.3 cm³/mol. The van der Waals surface area contributed by atoms with Crippen LogP contribution in [0.1, 0.15) is 18.4 Å². The monoisotopic (exact) mass is 329 g/mol. The molecule has 2 heterocycles. The van der Waals surface area contributed by atoms with E-state index in [2.05, 4.69) is 6.58 Å². The number of aliphatic hydroxyl groups is 1. The zero-order valence-electron chi connectivity index (χ0n) is 13.2. The lowest BCUT2D eigenvalue weighted by atomic mass is 10.0. The zero-order valence-corrected chi connectivity index (χ0v) is 13.2. The molecule has 1 unspecified atom stereocenters. The molecule has 0 saturated carbocycles. The summed E-state index contributed by atoms with van der Waals surface area (Å²) in [4.78, 5) is 25.8. The molecule has 2 fully saturated rings. The molecule has 0 spiro atoms. The lowest BCUT2D eigenvalue weighted by Crippen LogP contribution is -2.55. The number of ether oxygens (including phenoxy) is 2. The molecule has 1 aromatic carbocycles. The fraction of sp³-hybridized carbons (Fsp3) is 0.333. The van der Waals surface area contributed by atoms with Crippen molar-refractivity contribution in [3.8, 4) is 0 Å². The van der Waals surface area contributed by atoms with Crippen molar-refractivity contribution < 1.29 is 24.2 Å². The van der Waals surface area contributed by atoms with Crippen LogP contribution in [0, 0.1) is 0 Å². The lowest BCUT2D eigenvalue weighted by molar-refractivity contribution is -0.166. The van der Waals surface area contributed by atoms with Gasteiger partial charge in [0.2, 0.25) is 5.91 Å². The Balaban J connectivity index is 1.80. The smallest absolute Gasteiger partial charge is 0.337 e. The van der Waals surface area contributed by atoms with Gasteiger partial charge >= 0.3 is 5.97 Å². The maximum absolute atomic E-state index is 12.6. The highest BCUT2D eigenvalue weighted by Crippen LogP contribution is 2.38. The van der Waals surface area contributed by atoms with E-state index in [1.54, 1.807) is 6.08 Å². The Hall–Kier alpha value is -2.60. The Morgan fingerprint density at radius 2 is 2.17 bits per heavy atom. The van der Waals surface area contributed by atoms with E-state index in [0.29, 0.717) is 17.8 Å². The van der Waals surface area contributed by atoms with Crippen LogP contribution in [0.3, 0.4) is 0 Å². The second-order valence-corrected chi connectivity index (χ2v) is 5.69. The van der Waals surface area contributed by atoms with Crippen molar-refractivity contribution in [2.45, 2.75) is 31.7 Å². The molecule has 0 aliphatic carbocycles. The van der Waals surface area contributed by atoms with Gasteiger partial charge in [0.05, 0.1) is 13.0 Å². The number of carbonyl (C=O) groups is 2. The summed E-state index contributed by atoms with van der Waals surface area (Å²) in [5.74, 6) is -0.404. The Morgan fingerprint density at radius 1 is 1.42 bits per heavy atom. The summed E-state index contributed by atoms with van der Waals surface area (Å²) in [6, 6.07) is 8.37. The highest BCUT2D eigenvalue weighted by molar-refractivity contribution is 5.91. The van der Waals surface area contributed by atoms with E-state index in [0.717, 1.165) is 5.56 Å². The number of fused-ring (bicyclic) bond motifs is 1. The third kappa shape index (κ3) is 2.92. The average molecular weight is 329 g/mol. The van der Waals surface area contributed by atoms with Crippen LogP contribution in [0.2, 0.25) is 0 Å². The second-order valence-electron chi connectivity index (χ2n) is 5.69. The van der Waals surface area contributed by atoms with Gasteiger partial charge in [0.25, 0.3) is 0 Å². The summed E-state index contributed by atoms with van der Waals surface area (Å²) in [6.07, 6.45) is 1.78. The van der Waals surface area contributed by atoms with Gasteiger partial charge in [-0.05, 0) is 17.6 Å². The molecule has 2 saturated heterocycles. The molecular formula is C18H19NO5. The molecule has 126 valence electrons. The number of esters is 1. The van der Waals surface area contributed by atoms with Crippen LogP contribution >= 0.6 is 0 Å². The SMILES string of the molecule is C=CC/C(CO)=C1\O[C@@H]2CC(=O)N2C1C(=O)OCc1ccccc1. The minimum absolute atomic E-state index is 0.117. The van der Waals surface area contributed by atoms with Crippen molar-refractivity contribution in [1.29, 1.82) is 0 Å². The number of allylic oxidation sites excluding steroid dienone is 1. The van der Waals surface area contributed by atoms with E-state index >= 15 is 0 Å². The van der Waals surface area contributed by atoms with E-state index in [1.807, 2.05) is 30.3 Å². The van der Waals surface area contributed by atoms with Crippen molar-refractivity contribution in [2.75, 3.05) is 6.61 Å². The summed E-state index contributed by atoms with van der Waals surface area (Å²) >= 11 is 0. The van der Waals surface area contributed by atoms with E-state index in [9.17, 15) is 14.7 Å². The van der Waals surface area contributed by atoms with Gasteiger partial charge in [-0.2, -0.15) is 0 Å². The van der Waals surface area contributed by atoms with Crippen LogP contribution < -0.4 is 0 Å². The van der Waals surface area contributed by atoms with Crippen LogP contribution in [0.4, 0.5) is 0 Å². The first-order valence-corrected chi connectivity index (χ1v) is 7.77. The van der Waals surface area contributed by atoms with Crippen molar-refractivity contribution in [2.24, 2.45) is 0 Å². The third-order valence-corrected chi connectivity index (χ3v) is 4.11. The molecule has 24 heavy (non-hydrogen) atoms. The number of β-lactam (4-membered cyclic amide) rings is 1. The maximum Gasteiger partial charge on any atom is 0.337 e. The summed E-state index contributed by atoms with van der Waals surface area (Å²) in [7, 11) is 0. The van der Waals surface area contributed by atoms with Gasteiger partial charge in [-0.3, -0.25) is 9.69 Å². The highest BCUT2D eigenvalue weighted by atomic mass is 16.6. The number of aliphatic hydroxyl groups excluding tert-OH is 1.